The number of likely N-dealkylation sites (N-methyl/N-ethyl adjacent to an activating group) is 1. The molecule has 110 valence electrons. The average molecular weight is 301 g/mol. The van der Waals surface area contributed by atoms with E-state index in [4.69, 9.17) is 21.4 Å². The highest BCUT2D eigenvalue weighted by Gasteiger charge is 2.35. The minimum Gasteiger partial charge on any atom is -0.495 e. The fourth-order valence-corrected chi connectivity index (χ4v) is 1.61. The number of rotatable bonds is 4. The molecule has 0 aromatic heterocycles. The zero-order valence-electron chi connectivity index (χ0n) is 11.7. The van der Waals surface area contributed by atoms with Crippen LogP contribution in [-0.4, -0.2) is 41.7 Å². The first kappa shape index (κ1) is 16.1. The number of halogens is 1. The van der Waals surface area contributed by atoms with Crippen molar-refractivity contribution in [3.63, 3.8) is 0 Å². The highest BCUT2D eigenvalue weighted by atomic mass is 35.5. The van der Waals surface area contributed by atoms with Crippen molar-refractivity contribution in [1.29, 1.82) is 0 Å². The van der Waals surface area contributed by atoms with Crippen LogP contribution in [0.4, 0.5) is 10.5 Å². The minimum atomic E-state index is -1.32. The first-order chi connectivity index (χ1) is 9.20. The Hall–Kier alpha value is -1.95. The number of hydrogen-bond donors (Lipinski definition) is 2. The second-order valence-electron chi connectivity index (χ2n) is 4.70. The molecule has 0 atom stereocenters. The molecule has 6 nitrogen and oxygen atoms in total. The summed E-state index contributed by atoms with van der Waals surface area (Å²) in [5, 5.41) is 12.0. The van der Waals surface area contributed by atoms with E-state index in [1.807, 2.05) is 0 Å². The maximum Gasteiger partial charge on any atom is 0.329 e. The molecule has 0 saturated heterocycles. The molecule has 0 spiro atoms. The first-order valence-electron chi connectivity index (χ1n) is 5.82. The Morgan fingerprint density at radius 2 is 2.00 bits per heavy atom. The lowest BCUT2D eigenvalue weighted by Gasteiger charge is -2.31. The van der Waals surface area contributed by atoms with Crippen molar-refractivity contribution in [2.45, 2.75) is 19.4 Å². The molecule has 0 radical (unpaired) electrons. The molecule has 1 rings (SSSR count). The molecule has 0 aliphatic heterocycles. The van der Waals surface area contributed by atoms with Crippen molar-refractivity contribution in [3.05, 3.63) is 23.2 Å². The molecule has 1 aromatic carbocycles. The molecular weight excluding hydrogens is 284 g/mol. The standard InChI is InChI=1S/C13H17ClN2O4/c1-13(2,11(17)18)16(3)12(19)15-8-5-6-10(20-4)9(14)7-8/h5-7H,1-4H3,(H,15,19)(H,17,18). The van der Waals surface area contributed by atoms with Gasteiger partial charge in [0.15, 0.2) is 0 Å². The molecule has 0 heterocycles. The van der Waals surface area contributed by atoms with Crippen molar-refractivity contribution in [1.82, 2.24) is 4.90 Å². The number of carbonyl (C=O) groups is 2. The number of carboxylic acid groups (broad SMARTS) is 1. The normalized spacial score (nSPS) is 10.8. The molecule has 1 aromatic rings. The molecule has 0 unspecified atom stereocenters. The van der Waals surface area contributed by atoms with Crippen LogP contribution in [-0.2, 0) is 4.79 Å². The smallest absolute Gasteiger partial charge is 0.329 e. The second kappa shape index (κ2) is 6.00. The van der Waals surface area contributed by atoms with Crippen molar-refractivity contribution in [2.24, 2.45) is 0 Å². The number of methoxy groups -OCH3 is 1. The molecule has 2 amide bonds. The van der Waals surface area contributed by atoms with E-state index < -0.39 is 17.5 Å². The molecule has 0 fully saturated rings. The summed E-state index contributed by atoms with van der Waals surface area (Å²) in [6.45, 7) is 2.88. The molecule has 20 heavy (non-hydrogen) atoms. The molecule has 2 N–H and O–H groups in total. The van der Waals surface area contributed by atoms with Gasteiger partial charge < -0.3 is 20.1 Å². The number of nitrogens with zero attached hydrogens (tertiary/aromatic N) is 1. The van der Waals surface area contributed by atoms with E-state index in [2.05, 4.69) is 5.32 Å². The average Bonchev–Trinajstić information content (AvgIpc) is 2.37. The Labute approximate surface area is 122 Å². The minimum absolute atomic E-state index is 0.352. The van der Waals surface area contributed by atoms with Crippen molar-refractivity contribution < 1.29 is 19.4 Å². The fourth-order valence-electron chi connectivity index (χ4n) is 1.35. The lowest BCUT2D eigenvalue weighted by atomic mass is 10.1. The van der Waals surface area contributed by atoms with Gasteiger partial charge in [0.1, 0.15) is 11.3 Å². The topological polar surface area (TPSA) is 78.9 Å². The summed E-state index contributed by atoms with van der Waals surface area (Å²) in [6, 6.07) is 4.21. The summed E-state index contributed by atoms with van der Waals surface area (Å²) in [4.78, 5) is 24.2. The second-order valence-corrected chi connectivity index (χ2v) is 5.11. The van der Waals surface area contributed by atoms with Crippen LogP contribution in [0.5, 0.6) is 5.75 Å². The van der Waals surface area contributed by atoms with Gasteiger partial charge in [0.05, 0.1) is 12.1 Å². The van der Waals surface area contributed by atoms with E-state index in [0.717, 1.165) is 4.90 Å². The number of carboxylic acids is 1. The number of anilines is 1. The largest absolute Gasteiger partial charge is 0.495 e. The van der Waals surface area contributed by atoms with Gasteiger partial charge in [-0.2, -0.15) is 0 Å². The molecular formula is C13H17ClN2O4. The van der Waals surface area contributed by atoms with E-state index in [0.29, 0.717) is 16.5 Å². The summed E-state index contributed by atoms with van der Waals surface area (Å²) < 4.78 is 5.01. The predicted octanol–water partition coefficient (Wildman–Crippen LogP) is 2.68. The number of aliphatic carboxylic acids is 1. The molecule has 7 heteroatoms. The lowest BCUT2D eigenvalue weighted by molar-refractivity contribution is -0.146. The molecule has 0 aliphatic carbocycles. The summed E-state index contributed by atoms with van der Waals surface area (Å²) >= 11 is 5.95. The van der Waals surface area contributed by atoms with Crippen LogP contribution < -0.4 is 10.1 Å². The molecule has 0 aliphatic rings. The van der Waals surface area contributed by atoms with Gasteiger partial charge in [-0.1, -0.05) is 11.6 Å². The van der Waals surface area contributed by atoms with Crippen LogP contribution in [0.3, 0.4) is 0 Å². The third kappa shape index (κ3) is 3.33. The Morgan fingerprint density at radius 1 is 1.40 bits per heavy atom. The SMILES string of the molecule is COc1ccc(NC(=O)N(C)C(C)(C)C(=O)O)cc1Cl. The summed E-state index contributed by atoms with van der Waals surface area (Å²) in [7, 11) is 2.90. The number of hydrogen-bond acceptors (Lipinski definition) is 3. The highest BCUT2D eigenvalue weighted by Crippen LogP contribution is 2.27. The predicted molar refractivity (Wildman–Crippen MR) is 76.5 cm³/mol. The van der Waals surface area contributed by atoms with Gasteiger partial charge in [0.25, 0.3) is 0 Å². The van der Waals surface area contributed by atoms with Gasteiger partial charge in [-0.3, -0.25) is 0 Å². The van der Waals surface area contributed by atoms with Crippen LogP contribution in [0.25, 0.3) is 0 Å². The fraction of sp³-hybridized carbons (Fsp3) is 0.385. The number of carbonyl (C=O) groups excluding carboxylic acids is 1. The Bertz CT molecular complexity index is 531. The van der Waals surface area contributed by atoms with E-state index in [1.165, 1.54) is 34.1 Å². The monoisotopic (exact) mass is 300 g/mol. The third-order valence-electron chi connectivity index (χ3n) is 3.07. The number of amides is 2. The van der Waals surface area contributed by atoms with Crippen LogP contribution in [0.1, 0.15) is 13.8 Å². The maximum absolute atomic E-state index is 12.0. The number of urea groups is 1. The van der Waals surface area contributed by atoms with E-state index >= 15 is 0 Å². The summed E-state index contributed by atoms with van der Waals surface area (Å²) in [5.41, 5.74) is -0.866. The van der Waals surface area contributed by atoms with Crippen molar-refractivity contribution in [2.75, 3.05) is 19.5 Å². The van der Waals surface area contributed by atoms with Gasteiger partial charge in [0.2, 0.25) is 0 Å². The highest BCUT2D eigenvalue weighted by molar-refractivity contribution is 6.32. The van der Waals surface area contributed by atoms with Crippen molar-refractivity contribution >= 4 is 29.3 Å². The maximum atomic E-state index is 12.0. The van der Waals surface area contributed by atoms with Gasteiger partial charge in [0, 0.05) is 12.7 Å². The van der Waals surface area contributed by atoms with Gasteiger partial charge in [-0.05, 0) is 32.0 Å². The quantitative estimate of drug-likeness (QED) is 0.896. The van der Waals surface area contributed by atoms with Crippen LogP contribution in [0.15, 0.2) is 18.2 Å². The zero-order valence-corrected chi connectivity index (χ0v) is 12.5. The number of nitrogens with one attached hydrogen (secondary N) is 1. The summed E-state index contributed by atoms with van der Waals surface area (Å²) in [5.74, 6) is -0.605. The van der Waals surface area contributed by atoms with Crippen LogP contribution in [0.2, 0.25) is 5.02 Å². The third-order valence-corrected chi connectivity index (χ3v) is 3.36. The number of ether oxygens (including phenoxy) is 1. The van der Waals surface area contributed by atoms with E-state index in [-0.39, 0.29) is 0 Å². The Morgan fingerprint density at radius 3 is 2.45 bits per heavy atom. The van der Waals surface area contributed by atoms with Gasteiger partial charge in [-0.15, -0.1) is 0 Å². The first-order valence-corrected chi connectivity index (χ1v) is 6.19. The number of benzene rings is 1. The molecule has 0 bridgehead atoms. The van der Waals surface area contributed by atoms with E-state index in [9.17, 15) is 9.59 Å². The van der Waals surface area contributed by atoms with Crippen LogP contribution in [0, 0.1) is 0 Å². The van der Waals surface area contributed by atoms with Crippen molar-refractivity contribution in [3.8, 4) is 5.75 Å². The zero-order chi connectivity index (χ0) is 15.5. The van der Waals surface area contributed by atoms with Crippen LogP contribution >= 0.6 is 11.6 Å². The van der Waals surface area contributed by atoms with E-state index in [1.54, 1.807) is 12.1 Å². The van der Waals surface area contributed by atoms with Gasteiger partial charge >= 0.3 is 12.0 Å². The Kier molecular flexibility index (Phi) is 4.83. The Balaban J connectivity index is 2.86. The lowest BCUT2D eigenvalue weighted by Crippen LogP contribution is -2.52. The molecule has 0 saturated carbocycles. The summed E-state index contributed by atoms with van der Waals surface area (Å²) in [6.07, 6.45) is 0. The van der Waals surface area contributed by atoms with Gasteiger partial charge in [-0.25, -0.2) is 9.59 Å².